The summed E-state index contributed by atoms with van der Waals surface area (Å²) >= 11 is 0. The molecule has 112 valence electrons. The Bertz CT molecular complexity index is 277. The Morgan fingerprint density at radius 2 is 1.95 bits per heavy atom. The first-order valence-electron chi connectivity index (χ1n) is 8.18. The first-order chi connectivity index (χ1) is 9.02. The lowest BCUT2D eigenvalue weighted by Gasteiger charge is -2.46. The number of rotatable bonds is 3. The molecule has 1 N–H and O–H groups in total. The molecular formula is C16H33N3. The van der Waals surface area contributed by atoms with Crippen molar-refractivity contribution in [2.45, 2.75) is 58.5 Å². The number of nitrogens with zero attached hydrogens (tertiary/aromatic N) is 2. The predicted molar refractivity (Wildman–Crippen MR) is 82.6 cm³/mol. The Hall–Kier alpha value is -0.120. The summed E-state index contributed by atoms with van der Waals surface area (Å²) in [4.78, 5) is 5.26. The van der Waals surface area contributed by atoms with Crippen molar-refractivity contribution >= 4 is 0 Å². The van der Waals surface area contributed by atoms with Crippen LogP contribution in [0.2, 0.25) is 0 Å². The standard InChI is InChI=1S/C16H33N3/c1-5-17-14-7-8-16(2,3)13-15(14)19-10-6-9-18(4)11-12-19/h14-15,17H,5-13H2,1-4H3. The first-order valence-corrected chi connectivity index (χ1v) is 8.18. The van der Waals surface area contributed by atoms with Crippen LogP contribution < -0.4 is 5.32 Å². The lowest BCUT2D eigenvalue weighted by Crippen LogP contribution is -2.55. The fourth-order valence-corrected chi connectivity index (χ4v) is 3.83. The van der Waals surface area contributed by atoms with E-state index >= 15 is 0 Å². The summed E-state index contributed by atoms with van der Waals surface area (Å²) in [5.41, 5.74) is 0.523. The predicted octanol–water partition coefficient (Wildman–Crippen LogP) is 2.18. The minimum atomic E-state index is 0.523. The Morgan fingerprint density at radius 3 is 2.68 bits per heavy atom. The molecule has 3 heteroatoms. The lowest BCUT2D eigenvalue weighted by atomic mass is 9.72. The molecule has 19 heavy (non-hydrogen) atoms. The van der Waals surface area contributed by atoms with Crippen LogP contribution in [0.5, 0.6) is 0 Å². The van der Waals surface area contributed by atoms with Crippen molar-refractivity contribution in [3.63, 3.8) is 0 Å². The minimum absolute atomic E-state index is 0.523. The van der Waals surface area contributed by atoms with E-state index in [0.29, 0.717) is 11.5 Å². The first kappa shape index (κ1) is 15.3. The fraction of sp³-hybridized carbons (Fsp3) is 1.00. The Morgan fingerprint density at radius 1 is 1.16 bits per heavy atom. The maximum Gasteiger partial charge on any atom is 0.0254 e. The smallest absolute Gasteiger partial charge is 0.0254 e. The molecule has 0 aromatic carbocycles. The van der Waals surface area contributed by atoms with E-state index in [9.17, 15) is 0 Å². The Labute approximate surface area is 119 Å². The van der Waals surface area contributed by atoms with Gasteiger partial charge in [0.2, 0.25) is 0 Å². The summed E-state index contributed by atoms with van der Waals surface area (Å²) in [6, 6.07) is 1.46. The van der Waals surface area contributed by atoms with Gasteiger partial charge in [0.05, 0.1) is 0 Å². The van der Waals surface area contributed by atoms with E-state index in [4.69, 9.17) is 0 Å². The highest BCUT2D eigenvalue weighted by atomic mass is 15.2. The van der Waals surface area contributed by atoms with E-state index in [1.807, 2.05) is 0 Å². The molecule has 1 saturated heterocycles. The molecule has 2 fully saturated rings. The molecule has 3 nitrogen and oxygen atoms in total. The van der Waals surface area contributed by atoms with Crippen LogP contribution in [-0.2, 0) is 0 Å². The molecule has 2 aliphatic rings. The second-order valence-electron chi connectivity index (χ2n) is 7.33. The van der Waals surface area contributed by atoms with Crippen molar-refractivity contribution in [1.82, 2.24) is 15.1 Å². The average Bonchev–Trinajstić information content (AvgIpc) is 2.56. The zero-order valence-corrected chi connectivity index (χ0v) is 13.4. The van der Waals surface area contributed by atoms with Crippen LogP contribution in [0.4, 0.5) is 0 Å². The van der Waals surface area contributed by atoms with E-state index in [-0.39, 0.29) is 0 Å². The molecule has 0 bridgehead atoms. The summed E-state index contributed by atoms with van der Waals surface area (Å²) in [6.07, 6.45) is 5.40. The topological polar surface area (TPSA) is 18.5 Å². The van der Waals surface area contributed by atoms with Gasteiger partial charge in [-0.1, -0.05) is 20.8 Å². The molecule has 2 rings (SSSR count). The summed E-state index contributed by atoms with van der Waals surface area (Å²) in [7, 11) is 2.26. The Balaban J connectivity index is 2.03. The third-order valence-corrected chi connectivity index (χ3v) is 5.05. The third kappa shape index (κ3) is 4.17. The molecule has 1 aliphatic heterocycles. The molecule has 1 aliphatic carbocycles. The summed E-state index contributed by atoms with van der Waals surface area (Å²) < 4.78 is 0. The normalized spacial score (nSPS) is 34.1. The number of hydrogen-bond acceptors (Lipinski definition) is 3. The van der Waals surface area contributed by atoms with E-state index in [0.717, 1.165) is 12.6 Å². The van der Waals surface area contributed by atoms with Gasteiger partial charge in [-0.15, -0.1) is 0 Å². The van der Waals surface area contributed by atoms with Crippen LogP contribution in [-0.4, -0.2) is 61.7 Å². The maximum atomic E-state index is 3.75. The van der Waals surface area contributed by atoms with Crippen molar-refractivity contribution < 1.29 is 0 Å². The van der Waals surface area contributed by atoms with Crippen LogP contribution in [0.3, 0.4) is 0 Å². The van der Waals surface area contributed by atoms with Crippen molar-refractivity contribution in [2.24, 2.45) is 5.41 Å². The zero-order chi connectivity index (χ0) is 13.9. The van der Waals surface area contributed by atoms with Crippen molar-refractivity contribution in [3.05, 3.63) is 0 Å². The molecule has 2 atom stereocenters. The van der Waals surface area contributed by atoms with E-state index in [2.05, 4.69) is 42.9 Å². The van der Waals surface area contributed by atoms with Gasteiger partial charge in [0.25, 0.3) is 0 Å². The average molecular weight is 267 g/mol. The second kappa shape index (κ2) is 6.55. The highest BCUT2D eigenvalue weighted by Gasteiger charge is 2.37. The van der Waals surface area contributed by atoms with E-state index in [1.54, 1.807) is 0 Å². The maximum absolute atomic E-state index is 3.75. The van der Waals surface area contributed by atoms with Gasteiger partial charge in [0, 0.05) is 25.2 Å². The summed E-state index contributed by atoms with van der Waals surface area (Å²) in [6.45, 7) is 13.3. The molecule has 1 heterocycles. The van der Waals surface area contributed by atoms with Gasteiger partial charge in [-0.05, 0) is 57.8 Å². The van der Waals surface area contributed by atoms with Crippen LogP contribution >= 0.6 is 0 Å². The van der Waals surface area contributed by atoms with E-state index in [1.165, 1.54) is 51.9 Å². The van der Waals surface area contributed by atoms with Gasteiger partial charge in [0.1, 0.15) is 0 Å². The molecule has 0 spiro atoms. The molecule has 0 amide bonds. The van der Waals surface area contributed by atoms with Crippen molar-refractivity contribution in [3.8, 4) is 0 Å². The van der Waals surface area contributed by atoms with Gasteiger partial charge < -0.3 is 10.2 Å². The molecule has 2 unspecified atom stereocenters. The van der Waals surface area contributed by atoms with Gasteiger partial charge in [-0.25, -0.2) is 0 Å². The number of hydrogen-bond donors (Lipinski definition) is 1. The minimum Gasteiger partial charge on any atom is -0.313 e. The van der Waals surface area contributed by atoms with Crippen molar-refractivity contribution in [1.29, 1.82) is 0 Å². The molecular weight excluding hydrogens is 234 g/mol. The van der Waals surface area contributed by atoms with Crippen LogP contribution in [0.1, 0.15) is 46.5 Å². The highest BCUT2D eigenvalue weighted by molar-refractivity contribution is 4.95. The van der Waals surface area contributed by atoms with Crippen LogP contribution in [0, 0.1) is 5.41 Å². The monoisotopic (exact) mass is 267 g/mol. The SMILES string of the molecule is CCNC1CCC(C)(C)CC1N1CCCN(C)CC1. The summed E-state index contributed by atoms with van der Waals surface area (Å²) in [5, 5.41) is 3.75. The zero-order valence-electron chi connectivity index (χ0n) is 13.4. The van der Waals surface area contributed by atoms with Gasteiger partial charge in [-0.2, -0.15) is 0 Å². The molecule has 0 aromatic rings. The number of nitrogens with one attached hydrogen (secondary N) is 1. The molecule has 0 radical (unpaired) electrons. The van der Waals surface area contributed by atoms with Gasteiger partial charge >= 0.3 is 0 Å². The molecule has 0 aromatic heterocycles. The fourth-order valence-electron chi connectivity index (χ4n) is 3.83. The van der Waals surface area contributed by atoms with Crippen LogP contribution in [0.25, 0.3) is 0 Å². The van der Waals surface area contributed by atoms with Crippen molar-refractivity contribution in [2.75, 3.05) is 39.8 Å². The lowest BCUT2D eigenvalue weighted by molar-refractivity contribution is 0.0681. The van der Waals surface area contributed by atoms with E-state index < -0.39 is 0 Å². The van der Waals surface area contributed by atoms with Crippen LogP contribution in [0.15, 0.2) is 0 Å². The summed E-state index contributed by atoms with van der Waals surface area (Å²) in [5.74, 6) is 0. The quantitative estimate of drug-likeness (QED) is 0.845. The van der Waals surface area contributed by atoms with Gasteiger partial charge in [0.15, 0.2) is 0 Å². The second-order valence-corrected chi connectivity index (χ2v) is 7.33. The van der Waals surface area contributed by atoms with Gasteiger partial charge in [-0.3, -0.25) is 4.90 Å². The third-order valence-electron chi connectivity index (χ3n) is 5.05. The number of likely N-dealkylation sites (N-methyl/N-ethyl adjacent to an activating group) is 2. The molecule has 1 saturated carbocycles. The largest absolute Gasteiger partial charge is 0.313 e. The highest BCUT2D eigenvalue weighted by Crippen LogP contribution is 2.37. The Kier molecular flexibility index (Phi) is 5.27.